The zero-order valence-corrected chi connectivity index (χ0v) is 12.9. The summed E-state index contributed by atoms with van der Waals surface area (Å²) in [5.41, 5.74) is -0.181. The molecule has 1 saturated carbocycles. The minimum absolute atomic E-state index is 0.171. The normalized spacial score (nSPS) is 17.2. The van der Waals surface area contributed by atoms with E-state index < -0.39 is 0 Å². The van der Waals surface area contributed by atoms with Gasteiger partial charge in [0.25, 0.3) is 0 Å². The number of unbranched alkanes of at least 4 members (excludes halogenated alkanes) is 6. The van der Waals surface area contributed by atoms with Crippen LogP contribution >= 0.6 is 0 Å². The number of aliphatic hydroxyl groups is 2. The van der Waals surface area contributed by atoms with Crippen LogP contribution in [0.15, 0.2) is 0 Å². The molecule has 1 aliphatic carbocycles. The van der Waals surface area contributed by atoms with Crippen molar-refractivity contribution in [2.45, 2.75) is 84.0 Å². The maximum atomic E-state index is 9.75. The lowest BCUT2D eigenvalue weighted by molar-refractivity contribution is -0.00349. The molecule has 0 aromatic heterocycles. The molecule has 1 fully saturated rings. The van der Waals surface area contributed by atoms with E-state index in [1.807, 2.05) is 0 Å². The van der Waals surface area contributed by atoms with Crippen molar-refractivity contribution in [2.75, 3.05) is 13.2 Å². The van der Waals surface area contributed by atoms with Gasteiger partial charge in [-0.2, -0.15) is 0 Å². The van der Waals surface area contributed by atoms with Gasteiger partial charge in [-0.25, -0.2) is 0 Å². The molecule has 2 N–H and O–H groups in total. The lowest BCUT2D eigenvalue weighted by Gasteiger charge is -2.36. The maximum absolute atomic E-state index is 9.75. The first-order valence-corrected chi connectivity index (χ1v) is 8.51. The van der Waals surface area contributed by atoms with Crippen LogP contribution < -0.4 is 0 Å². The first-order chi connectivity index (χ1) is 9.29. The molecule has 0 bridgehead atoms. The van der Waals surface area contributed by atoms with E-state index in [4.69, 9.17) is 0 Å². The predicted molar refractivity (Wildman–Crippen MR) is 81.2 cm³/mol. The largest absolute Gasteiger partial charge is 0.396 e. The monoisotopic (exact) mass is 270 g/mol. The second-order valence-electron chi connectivity index (χ2n) is 6.53. The van der Waals surface area contributed by atoms with Crippen molar-refractivity contribution in [3.63, 3.8) is 0 Å². The van der Waals surface area contributed by atoms with Gasteiger partial charge in [-0.05, 0) is 25.2 Å². The van der Waals surface area contributed by atoms with Crippen LogP contribution in [-0.4, -0.2) is 23.4 Å². The van der Waals surface area contributed by atoms with E-state index in [0.29, 0.717) is 5.92 Å². The van der Waals surface area contributed by atoms with Crippen LogP contribution in [0.2, 0.25) is 0 Å². The summed E-state index contributed by atoms with van der Waals surface area (Å²) in [6, 6.07) is 0. The van der Waals surface area contributed by atoms with Crippen LogP contribution in [0.3, 0.4) is 0 Å². The van der Waals surface area contributed by atoms with Crippen LogP contribution in [0.1, 0.15) is 84.0 Å². The Morgan fingerprint density at radius 1 is 0.842 bits per heavy atom. The van der Waals surface area contributed by atoms with Crippen LogP contribution in [-0.2, 0) is 0 Å². The van der Waals surface area contributed by atoms with Crippen LogP contribution in [0.4, 0.5) is 0 Å². The predicted octanol–water partition coefficient (Wildman–Crippen LogP) is 4.29. The number of aliphatic hydroxyl groups excluding tert-OH is 2. The topological polar surface area (TPSA) is 40.5 Å². The minimum atomic E-state index is -0.181. The van der Waals surface area contributed by atoms with Crippen molar-refractivity contribution < 1.29 is 10.2 Å². The van der Waals surface area contributed by atoms with Gasteiger partial charge in [-0.15, -0.1) is 0 Å². The van der Waals surface area contributed by atoms with Crippen LogP contribution in [0, 0.1) is 11.3 Å². The fourth-order valence-electron chi connectivity index (χ4n) is 3.64. The first kappa shape index (κ1) is 17.0. The summed E-state index contributed by atoms with van der Waals surface area (Å²) in [6.07, 6.45) is 15.1. The Labute approximate surface area is 119 Å². The molecule has 0 heterocycles. The molecule has 0 radical (unpaired) electrons. The van der Waals surface area contributed by atoms with Crippen molar-refractivity contribution in [1.82, 2.24) is 0 Å². The number of hydrogen-bond donors (Lipinski definition) is 2. The smallest absolute Gasteiger partial charge is 0.0512 e. The van der Waals surface area contributed by atoms with Gasteiger partial charge in [0, 0.05) is 5.41 Å². The molecule has 1 aliphatic rings. The van der Waals surface area contributed by atoms with Gasteiger partial charge < -0.3 is 10.2 Å². The lowest BCUT2D eigenvalue weighted by atomic mass is 9.72. The Bertz CT molecular complexity index is 205. The minimum Gasteiger partial charge on any atom is -0.396 e. The van der Waals surface area contributed by atoms with E-state index in [-0.39, 0.29) is 18.6 Å². The van der Waals surface area contributed by atoms with E-state index in [2.05, 4.69) is 6.92 Å². The molecule has 2 nitrogen and oxygen atoms in total. The van der Waals surface area contributed by atoms with Crippen molar-refractivity contribution in [2.24, 2.45) is 11.3 Å². The second-order valence-corrected chi connectivity index (χ2v) is 6.53. The average Bonchev–Trinajstić information content (AvgIpc) is 2.97. The molecule has 0 saturated heterocycles. The standard InChI is InChI=1S/C17H34O2/c1-2-3-4-5-6-7-10-13-17(14-18,15-19)16-11-8-9-12-16/h16,18-19H,2-15H2,1H3. The first-order valence-electron chi connectivity index (χ1n) is 8.51. The van der Waals surface area contributed by atoms with E-state index >= 15 is 0 Å². The molecular formula is C17H34O2. The Balaban J connectivity index is 2.22. The molecule has 1 rings (SSSR count). The summed E-state index contributed by atoms with van der Waals surface area (Å²) in [5, 5.41) is 19.5. The van der Waals surface area contributed by atoms with Gasteiger partial charge in [0.05, 0.1) is 13.2 Å². The summed E-state index contributed by atoms with van der Waals surface area (Å²) in [7, 11) is 0. The van der Waals surface area contributed by atoms with E-state index in [1.54, 1.807) is 0 Å². The SMILES string of the molecule is CCCCCCCCCC(CO)(CO)C1CCCC1. The molecule has 0 unspecified atom stereocenters. The van der Waals surface area contributed by atoms with E-state index in [9.17, 15) is 10.2 Å². The quantitative estimate of drug-likeness (QED) is 0.550. The zero-order chi connectivity index (χ0) is 14.0. The highest BCUT2D eigenvalue weighted by atomic mass is 16.3. The summed E-state index contributed by atoms with van der Waals surface area (Å²) >= 11 is 0. The molecule has 0 aromatic rings. The molecule has 0 amide bonds. The lowest BCUT2D eigenvalue weighted by Crippen LogP contribution is -2.37. The number of hydrogen-bond acceptors (Lipinski definition) is 2. The van der Waals surface area contributed by atoms with Crippen molar-refractivity contribution >= 4 is 0 Å². The molecular weight excluding hydrogens is 236 g/mol. The maximum Gasteiger partial charge on any atom is 0.0512 e. The molecule has 114 valence electrons. The highest BCUT2D eigenvalue weighted by Crippen LogP contribution is 2.43. The summed E-state index contributed by atoms with van der Waals surface area (Å²) in [6.45, 7) is 2.59. The van der Waals surface area contributed by atoms with Crippen molar-refractivity contribution in [3.05, 3.63) is 0 Å². The summed E-state index contributed by atoms with van der Waals surface area (Å²) < 4.78 is 0. The Morgan fingerprint density at radius 2 is 1.37 bits per heavy atom. The summed E-state index contributed by atoms with van der Waals surface area (Å²) in [5.74, 6) is 0.558. The van der Waals surface area contributed by atoms with E-state index in [1.165, 1.54) is 70.6 Å². The van der Waals surface area contributed by atoms with Gasteiger partial charge in [0.1, 0.15) is 0 Å². The number of rotatable bonds is 11. The van der Waals surface area contributed by atoms with Gasteiger partial charge in [0.2, 0.25) is 0 Å². The Hall–Kier alpha value is -0.0800. The highest BCUT2D eigenvalue weighted by Gasteiger charge is 2.38. The van der Waals surface area contributed by atoms with Gasteiger partial charge >= 0.3 is 0 Å². The van der Waals surface area contributed by atoms with Gasteiger partial charge in [-0.3, -0.25) is 0 Å². The fraction of sp³-hybridized carbons (Fsp3) is 1.00. The Kier molecular flexibility index (Phi) is 8.72. The molecule has 0 spiro atoms. The third-order valence-corrected chi connectivity index (χ3v) is 5.13. The van der Waals surface area contributed by atoms with Crippen LogP contribution in [0.5, 0.6) is 0 Å². The summed E-state index contributed by atoms with van der Waals surface area (Å²) in [4.78, 5) is 0. The van der Waals surface area contributed by atoms with Gasteiger partial charge in [-0.1, -0.05) is 64.7 Å². The molecule has 19 heavy (non-hydrogen) atoms. The third-order valence-electron chi connectivity index (χ3n) is 5.13. The zero-order valence-electron chi connectivity index (χ0n) is 12.9. The van der Waals surface area contributed by atoms with Crippen molar-refractivity contribution in [1.29, 1.82) is 0 Å². The average molecular weight is 270 g/mol. The Morgan fingerprint density at radius 3 is 1.89 bits per heavy atom. The molecule has 2 heteroatoms. The van der Waals surface area contributed by atoms with Crippen LogP contribution in [0.25, 0.3) is 0 Å². The van der Waals surface area contributed by atoms with Crippen molar-refractivity contribution in [3.8, 4) is 0 Å². The fourth-order valence-corrected chi connectivity index (χ4v) is 3.64. The molecule has 0 aromatic carbocycles. The van der Waals surface area contributed by atoms with E-state index in [0.717, 1.165) is 6.42 Å². The molecule has 0 aliphatic heterocycles. The highest BCUT2D eigenvalue weighted by molar-refractivity contribution is 4.88. The van der Waals surface area contributed by atoms with Gasteiger partial charge in [0.15, 0.2) is 0 Å². The molecule has 0 atom stereocenters. The third kappa shape index (κ3) is 5.43. The second kappa shape index (κ2) is 9.77.